The third kappa shape index (κ3) is 1.99. The molecule has 2 heterocycles. The minimum absolute atomic E-state index is 0.429. The second-order valence-electron chi connectivity index (χ2n) is 3.52. The van der Waals surface area contributed by atoms with Gasteiger partial charge in [-0.2, -0.15) is 0 Å². The highest BCUT2D eigenvalue weighted by Gasteiger charge is 2.28. The minimum atomic E-state index is -1.06. The highest BCUT2D eigenvalue weighted by atomic mass is 79.9. The molecular weight excluding hydrogens is 322 g/mol. The van der Waals surface area contributed by atoms with Crippen LogP contribution in [0.3, 0.4) is 0 Å². The van der Waals surface area contributed by atoms with Gasteiger partial charge in [-0.15, -0.1) is 11.3 Å². The van der Waals surface area contributed by atoms with Gasteiger partial charge in [0.2, 0.25) is 0 Å². The molecule has 0 aliphatic carbocycles. The van der Waals surface area contributed by atoms with Crippen molar-refractivity contribution in [2.45, 2.75) is 0 Å². The quantitative estimate of drug-likeness (QED) is 0.754. The lowest BCUT2D eigenvalue weighted by atomic mass is 10.2. The summed E-state index contributed by atoms with van der Waals surface area (Å²) in [5.74, 6) is 0.513. The molecule has 17 heavy (non-hydrogen) atoms. The van der Waals surface area contributed by atoms with Crippen LogP contribution >= 0.6 is 27.3 Å². The van der Waals surface area contributed by atoms with Crippen LogP contribution in [0.2, 0.25) is 0 Å². The summed E-state index contributed by atoms with van der Waals surface area (Å²) in [7, 11) is 0. The van der Waals surface area contributed by atoms with Crippen molar-refractivity contribution in [1.82, 2.24) is 0 Å². The van der Waals surface area contributed by atoms with Crippen LogP contribution in [-0.2, 0) is 16.0 Å². The van der Waals surface area contributed by atoms with Crippen molar-refractivity contribution in [3.8, 4) is 0 Å². The van der Waals surface area contributed by atoms with Gasteiger partial charge in [0.1, 0.15) is 10.6 Å². The fourth-order valence-electron chi connectivity index (χ4n) is 1.65. The molecule has 1 aromatic heterocycles. The second kappa shape index (κ2) is 4.61. The van der Waals surface area contributed by atoms with Crippen LogP contribution in [0, 0.1) is 0 Å². The molecule has 2 aromatic rings. The molecule has 1 atom stereocenters. The average molecular weight is 330 g/mol. The number of rotatable bonds is 1. The molecule has 3 rings (SSSR count). The number of benzene rings is 1. The Kier molecular flexibility index (Phi) is 3.12. The molecule has 88 valence electrons. The van der Waals surface area contributed by atoms with E-state index in [1.807, 2.05) is 24.3 Å². The first-order valence-electron chi connectivity index (χ1n) is 5.03. The number of thiophene rings is 1. The van der Waals surface area contributed by atoms with E-state index in [0.29, 0.717) is 17.4 Å². The lowest BCUT2D eigenvalue weighted by molar-refractivity contribution is 0.158. The fourth-order valence-corrected chi connectivity index (χ4v) is 4.93. The maximum atomic E-state index is 11.9. The summed E-state index contributed by atoms with van der Waals surface area (Å²) in [4.78, 5) is 5.95. The number of nitrogens with zero attached hydrogens (tertiary/aromatic N) is 1. The minimum Gasteiger partial charge on any atom is -0.610 e. The second-order valence-corrected chi connectivity index (χ2v) is 6.85. The molecule has 0 fully saturated rings. The maximum Gasteiger partial charge on any atom is 0.296 e. The summed E-state index contributed by atoms with van der Waals surface area (Å²) in [5, 5.41) is 5.60. The van der Waals surface area contributed by atoms with Gasteiger partial charge in [-0.3, -0.25) is 0 Å². The molecular formula is C11H8BrNO2S2. The number of oxime groups is 1. The first-order valence-corrected chi connectivity index (χ1v) is 7.96. The van der Waals surface area contributed by atoms with Gasteiger partial charge in [0.25, 0.3) is 5.04 Å². The normalized spacial score (nSPS) is 20.1. The number of hydrogen-bond acceptors (Lipinski definition) is 4. The van der Waals surface area contributed by atoms with E-state index in [-0.39, 0.29) is 0 Å². The van der Waals surface area contributed by atoms with Crippen molar-refractivity contribution in [2.24, 2.45) is 5.16 Å². The first-order chi connectivity index (χ1) is 8.27. The largest absolute Gasteiger partial charge is 0.610 e. The summed E-state index contributed by atoms with van der Waals surface area (Å²) < 4.78 is 14.0. The molecule has 0 N–H and O–H groups in total. The van der Waals surface area contributed by atoms with E-state index in [2.05, 4.69) is 21.1 Å². The van der Waals surface area contributed by atoms with E-state index in [0.717, 1.165) is 19.4 Å². The van der Waals surface area contributed by atoms with Crippen molar-refractivity contribution in [2.75, 3.05) is 12.4 Å². The zero-order chi connectivity index (χ0) is 11.8. The molecule has 1 aliphatic rings. The van der Waals surface area contributed by atoms with Crippen LogP contribution in [0.5, 0.6) is 0 Å². The Balaban J connectivity index is 2.17. The molecule has 3 nitrogen and oxygen atoms in total. The summed E-state index contributed by atoms with van der Waals surface area (Å²) in [6.45, 7) is 0.429. The predicted octanol–water partition coefficient (Wildman–Crippen LogP) is 3.10. The average Bonchev–Trinajstić information content (AvgIpc) is 2.68. The van der Waals surface area contributed by atoms with Crippen LogP contribution in [0.15, 0.2) is 33.9 Å². The third-order valence-electron chi connectivity index (χ3n) is 2.45. The van der Waals surface area contributed by atoms with Crippen molar-refractivity contribution < 1.29 is 9.39 Å². The zero-order valence-electron chi connectivity index (χ0n) is 8.68. The molecule has 0 saturated heterocycles. The molecule has 0 amide bonds. The van der Waals surface area contributed by atoms with Crippen LogP contribution in [0.1, 0.15) is 4.88 Å². The van der Waals surface area contributed by atoms with Gasteiger partial charge in [0, 0.05) is 21.3 Å². The number of fused-ring (bicyclic) bond motifs is 1. The standard InChI is InChI=1S/C11H8BrNO2S2/c12-9-7-3-1-2-4-8(7)16-10(9)11-13-15-5-6-17(11)14/h1-4H,5-6H2. The van der Waals surface area contributed by atoms with Gasteiger partial charge in [-0.05, 0) is 27.2 Å². The molecule has 0 bridgehead atoms. The van der Waals surface area contributed by atoms with Crippen LogP contribution in [-0.4, -0.2) is 22.0 Å². The lowest BCUT2D eigenvalue weighted by Gasteiger charge is -2.14. The molecule has 1 aromatic carbocycles. The number of hydrogen-bond donors (Lipinski definition) is 0. The Hall–Kier alpha value is -0.560. The Bertz CT molecular complexity index is 596. The molecule has 0 radical (unpaired) electrons. The Morgan fingerprint density at radius 2 is 2.24 bits per heavy atom. The SMILES string of the molecule is [O-][S+]1CCON=C1c1sc2ccccc2c1Br. The van der Waals surface area contributed by atoms with Crippen molar-refractivity contribution in [1.29, 1.82) is 0 Å². The fraction of sp³-hybridized carbons (Fsp3) is 0.182. The Labute approximate surface area is 114 Å². The van der Waals surface area contributed by atoms with E-state index in [1.165, 1.54) is 0 Å². The van der Waals surface area contributed by atoms with E-state index in [1.54, 1.807) is 11.3 Å². The highest BCUT2D eigenvalue weighted by Crippen LogP contribution is 2.37. The first kappa shape index (κ1) is 11.5. The summed E-state index contributed by atoms with van der Waals surface area (Å²) in [6.07, 6.45) is 0. The zero-order valence-corrected chi connectivity index (χ0v) is 11.9. The van der Waals surface area contributed by atoms with Gasteiger partial charge in [0.15, 0.2) is 6.61 Å². The predicted molar refractivity (Wildman–Crippen MR) is 75.0 cm³/mol. The topological polar surface area (TPSA) is 44.6 Å². The monoisotopic (exact) mass is 329 g/mol. The smallest absolute Gasteiger partial charge is 0.296 e. The maximum absolute atomic E-state index is 11.9. The summed E-state index contributed by atoms with van der Waals surface area (Å²) >= 11 is 4.08. The van der Waals surface area contributed by atoms with Crippen LogP contribution < -0.4 is 0 Å². The molecule has 1 aliphatic heterocycles. The van der Waals surface area contributed by atoms with Crippen molar-refractivity contribution in [3.05, 3.63) is 33.6 Å². The van der Waals surface area contributed by atoms with Gasteiger partial charge in [-0.25, -0.2) is 0 Å². The highest BCUT2D eigenvalue weighted by molar-refractivity contribution is 9.10. The molecule has 0 saturated carbocycles. The van der Waals surface area contributed by atoms with Gasteiger partial charge >= 0.3 is 0 Å². The summed E-state index contributed by atoms with van der Waals surface area (Å²) in [6, 6.07) is 8.05. The Morgan fingerprint density at radius 3 is 3.00 bits per heavy atom. The molecule has 6 heteroatoms. The van der Waals surface area contributed by atoms with Crippen molar-refractivity contribution >= 4 is 53.6 Å². The van der Waals surface area contributed by atoms with Crippen LogP contribution in [0.25, 0.3) is 10.1 Å². The van der Waals surface area contributed by atoms with E-state index in [9.17, 15) is 4.55 Å². The van der Waals surface area contributed by atoms with E-state index >= 15 is 0 Å². The summed E-state index contributed by atoms with van der Waals surface area (Å²) in [5.41, 5.74) is 0. The van der Waals surface area contributed by atoms with Gasteiger partial charge in [-0.1, -0.05) is 18.2 Å². The van der Waals surface area contributed by atoms with Gasteiger partial charge < -0.3 is 9.39 Å². The van der Waals surface area contributed by atoms with Crippen molar-refractivity contribution in [3.63, 3.8) is 0 Å². The molecule has 0 spiro atoms. The lowest BCUT2D eigenvalue weighted by Crippen LogP contribution is -2.26. The van der Waals surface area contributed by atoms with E-state index in [4.69, 9.17) is 4.84 Å². The third-order valence-corrected chi connectivity index (χ3v) is 6.09. The van der Waals surface area contributed by atoms with E-state index < -0.39 is 11.2 Å². The number of halogens is 1. The van der Waals surface area contributed by atoms with Gasteiger partial charge in [0.05, 0.1) is 4.47 Å². The van der Waals surface area contributed by atoms with Crippen LogP contribution in [0.4, 0.5) is 0 Å². The Morgan fingerprint density at radius 1 is 1.41 bits per heavy atom. The molecule has 1 unspecified atom stereocenters.